The van der Waals surface area contributed by atoms with Crippen LogP contribution in [0.25, 0.3) is 11.0 Å². The van der Waals surface area contributed by atoms with Crippen molar-refractivity contribution in [1.82, 2.24) is 14.9 Å². The van der Waals surface area contributed by atoms with Gasteiger partial charge in [-0.2, -0.15) is 0 Å². The minimum atomic E-state index is -1.18. The summed E-state index contributed by atoms with van der Waals surface area (Å²) in [5.74, 6) is -2.98. The minimum absolute atomic E-state index is 0.0403. The maximum Gasteiger partial charge on any atom is 0.407 e. The van der Waals surface area contributed by atoms with Gasteiger partial charge in [-0.05, 0) is 95.2 Å². The van der Waals surface area contributed by atoms with Crippen LogP contribution >= 0.6 is 15.9 Å². The summed E-state index contributed by atoms with van der Waals surface area (Å²) in [7, 11) is 0. The van der Waals surface area contributed by atoms with Crippen LogP contribution in [0.15, 0.2) is 44.4 Å². The van der Waals surface area contributed by atoms with Crippen LogP contribution in [-0.4, -0.2) is 52.3 Å². The Bertz CT molecular complexity index is 1810. The molecule has 13 nitrogen and oxygen atoms in total. The number of aryl methyl sites for hydroxylation is 2. The van der Waals surface area contributed by atoms with Crippen molar-refractivity contribution in [3.05, 3.63) is 72.2 Å². The van der Waals surface area contributed by atoms with Crippen molar-refractivity contribution in [2.75, 3.05) is 18.5 Å². The molecule has 0 spiro atoms. The van der Waals surface area contributed by atoms with Gasteiger partial charge in [0.1, 0.15) is 5.60 Å². The van der Waals surface area contributed by atoms with E-state index >= 15 is 0 Å². The number of benzene rings is 2. The van der Waals surface area contributed by atoms with E-state index in [1.54, 1.807) is 58.9 Å². The summed E-state index contributed by atoms with van der Waals surface area (Å²) in [6.45, 7) is 8.85. The van der Waals surface area contributed by atoms with Gasteiger partial charge in [0.25, 0.3) is 0 Å². The van der Waals surface area contributed by atoms with Crippen LogP contribution in [0.5, 0.6) is 0 Å². The van der Waals surface area contributed by atoms with E-state index < -0.39 is 52.6 Å². The predicted molar refractivity (Wildman–Crippen MR) is 182 cm³/mol. The molecule has 0 saturated carbocycles. The maximum absolute atomic E-state index is 13.5. The molecule has 2 aromatic carbocycles. The Morgan fingerprint density at radius 2 is 1.73 bits per heavy atom. The zero-order valence-electron chi connectivity index (χ0n) is 27.7. The highest BCUT2D eigenvalue weighted by Gasteiger charge is 2.30. The summed E-state index contributed by atoms with van der Waals surface area (Å²) < 4.78 is 17.7. The molecule has 14 heteroatoms. The van der Waals surface area contributed by atoms with E-state index in [1.165, 1.54) is 4.57 Å². The number of nitrogens with one attached hydrogen (secondary N) is 3. The molecule has 0 radical (unpaired) electrons. The zero-order valence-corrected chi connectivity index (χ0v) is 29.3. The quantitative estimate of drug-likeness (QED) is 0.104. The molecule has 2 heterocycles. The maximum atomic E-state index is 13.5. The highest BCUT2D eigenvalue weighted by Crippen LogP contribution is 2.33. The topological polar surface area (TPSA) is 175 Å². The van der Waals surface area contributed by atoms with E-state index in [4.69, 9.17) is 14.2 Å². The lowest BCUT2D eigenvalue weighted by atomic mass is 9.95. The molecule has 0 fully saturated rings. The monoisotopic (exact) mass is 728 g/mol. The van der Waals surface area contributed by atoms with Crippen molar-refractivity contribution in [1.29, 1.82) is 0 Å². The summed E-state index contributed by atoms with van der Waals surface area (Å²) >= 11 is 3.45. The number of aromatic nitrogens is 2. The number of anilines is 1. The molecule has 0 unspecified atom stereocenters. The first-order chi connectivity index (χ1) is 22.7. The molecule has 1 aromatic heterocycles. The lowest BCUT2D eigenvalue weighted by Crippen LogP contribution is -2.41. The molecule has 0 bridgehead atoms. The molecule has 2 amide bonds. The third-order valence-corrected chi connectivity index (χ3v) is 8.17. The Morgan fingerprint density at radius 1 is 1.04 bits per heavy atom. The van der Waals surface area contributed by atoms with E-state index in [0.717, 1.165) is 10.0 Å². The van der Waals surface area contributed by atoms with Crippen LogP contribution in [0, 0.1) is 5.92 Å². The molecular weight excluding hydrogens is 688 g/mol. The van der Waals surface area contributed by atoms with Gasteiger partial charge in [-0.1, -0.05) is 28.1 Å². The van der Waals surface area contributed by atoms with Gasteiger partial charge < -0.3 is 29.8 Å². The number of rotatable bonds is 12. The summed E-state index contributed by atoms with van der Waals surface area (Å²) in [4.78, 5) is 79.3. The molecule has 3 aromatic rings. The second kappa shape index (κ2) is 15.6. The van der Waals surface area contributed by atoms with E-state index in [1.807, 2.05) is 6.07 Å². The number of halogens is 1. The Balaban J connectivity index is 1.59. The first-order valence-electron chi connectivity index (χ1n) is 15.9. The van der Waals surface area contributed by atoms with Crippen LogP contribution < -0.4 is 21.8 Å². The Labute approximate surface area is 285 Å². The van der Waals surface area contributed by atoms with Crippen molar-refractivity contribution < 1.29 is 33.4 Å². The van der Waals surface area contributed by atoms with Crippen molar-refractivity contribution in [3.63, 3.8) is 0 Å². The van der Waals surface area contributed by atoms with Gasteiger partial charge in [-0.3, -0.25) is 28.5 Å². The summed E-state index contributed by atoms with van der Waals surface area (Å²) in [6, 6.07) is 8.23. The van der Waals surface area contributed by atoms with Crippen LogP contribution in [0.4, 0.5) is 10.5 Å². The molecule has 1 aliphatic heterocycles. The van der Waals surface area contributed by atoms with Gasteiger partial charge >= 0.3 is 29.2 Å². The van der Waals surface area contributed by atoms with Gasteiger partial charge in [0.2, 0.25) is 5.91 Å². The van der Waals surface area contributed by atoms with E-state index in [9.17, 15) is 28.8 Å². The molecule has 3 N–H and O–H groups in total. The number of aromatic amines is 1. The number of esters is 2. The number of hydrogen-bond donors (Lipinski definition) is 3. The van der Waals surface area contributed by atoms with Crippen LogP contribution in [0.3, 0.4) is 0 Å². The average Bonchev–Trinajstić information content (AvgIpc) is 2.99. The first-order valence-corrected chi connectivity index (χ1v) is 16.7. The summed E-state index contributed by atoms with van der Waals surface area (Å²) in [5.41, 5.74) is 1.52. The fourth-order valence-corrected chi connectivity index (χ4v) is 6.22. The lowest BCUT2D eigenvalue weighted by Gasteiger charge is -2.27. The fraction of sp³-hybridized carbons (Fsp3) is 0.471. The number of alkyl carbamates (subject to hydrolysis) is 1. The Hall–Kier alpha value is -4.46. The van der Waals surface area contributed by atoms with Crippen LogP contribution in [0.2, 0.25) is 0 Å². The van der Waals surface area contributed by atoms with E-state index in [0.29, 0.717) is 40.7 Å². The average molecular weight is 730 g/mol. The Morgan fingerprint density at radius 3 is 2.38 bits per heavy atom. The molecule has 0 saturated heterocycles. The number of amides is 2. The number of hydrogen-bond acceptors (Lipinski definition) is 9. The first kappa shape index (κ1) is 36.4. The molecule has 1 aliphatic rings. The molecule has 258 valence electrons. The van der Waals surface area contributed by atoms with E-state index in [-0.39, 0.29) is 39.0 Å². The second-order valence-electron chi connectivity index (χ2n) is 12.5. The number of carbonyl (C=O) groups is 4. The molecule has 1 atom stereocenters. The van der Waals surface area contributed by atoms with Crippen molar-refractivity contribution >= 4 is 56.6 Å². The molecule has 48 heavy (non-hydrogen) atoms. The smallest absolute Gasteiger partial charge is 0.407 e. The van der Waals surface area contributed by atoms with Gasteiger partial charge in [-0.25, -0.2) is 4.79 Å². The van der Waals surface area contributed by atoms with Crippen molar-refractivity contribution in [3.8, 4) is 0 Å². The molecule has 4 rings (SSSR count). The number of H-pyrrole nitrogens is 1. The molecule has 0 aliphatic carbocycles. The number of ether oxygens (including phenoxy) is 3. The van der Waals surface area contributed by atoms with Gasteiger partial charge in [0, 0.05) is 29.2 Å². The highest BCUT2D eigenvalue weighted by atomic mass is 79.9. The summed E-state index contributed by atoms with van der Waals surface area (Å²) in [5, 5.41) is 5.62. The third kappa shape index (κ3) is 9.12. The van der Waals surface area contributed by atoms with Crippen LogP contribution in [-0.2, 0) is 48.0 Å². The normalized spacial score (nSPS) is 14.0. The Kier molecular flexibility index (Phi) is 11.8. The van der Waals surface area contributed by atoms with E-state index in [2.05, 4.69) is 31.5 Å². The lowest BCUT2D eigenvalue weighted by molar-refractivity contribution is -0.161. The highest BCUT2D eigenvalue weighted by molar-refractivity contribution is 9.10. The standard InChI is InChI=1S/C34H41BrN4O9/c1-6-46-31(43)24(32(44)47-7-2)12-10-20-14-19(18-36-33(45)48-34(3,4)5)8-13-25(20)37-27(40)17-23-11-9-21-15-22(35)16-26-28(21)39(23)30(42)29(41)38-26/h8,13-16,23-24H,6-7,9-12,17-18H2,1-5H3,(H,36,45)(H,37,40)(H,38,41)/t23-/m0/s1. The zero-order chi connectivity index (χ0) is 35.2. The largest absolute Gasteiger partial charge is 0.465 e. The van der Waals surface area contributed by atoms with Crippen molar-refractivity contribution in [2.24, 2.45) is 5.92 Å². The van der Waals surface area contributed by atoms with Crippen LogP contribution in [0.1, 0.15) is 76.6 Å². The van der Waals surface area contributed by atoms with Gasteiger partial charge in [0.05, 0.1) is 24.2 Å². The second-order valence-corrected chi connectivity index (χ2v) is 13.4. The molecular formula is C34H41BrN4O9. The third-order valence-electron chi connectivity index (χ3n) is 7.71. The number of carbonyl (C=O) groups excluding carboxylic acids is 4. The summed E-state index contributed by atoms with van der Waals surface area (Å²) in [6.07, 6.45) is 0.614. The van der Waals surface area contributed by atoms with Gasteiger partial charge in [0.15, 0.2) is 5.92 Å². The predicted octanol–water partition coefficient (Wildman–Crippen LogP) is 4.67. The van der Waals surface area contributed by atoms with Crippen molar-refractivity contribution in [2.45, 2.75) is 84.9 Å². The SMILES string of the molecule is CCOC(=O)C(CCc1cc(CNC(=O)OC(C)(C)C)ccc1NC(=O)C[C@@H]1CCc2cc(Br)cc3[nH]c(=O)c(=O)n1c23)C(=O)OCC. The minimum Gasteiger partial charge on any atom is -0.465 e. The van der Waals surface area contributed by atoms with Gasteiger partial charge in [-0.15, -0.1) is 0 Å². The number of nitrogens with zero attached hydrogens (tertiary/aromatic N) is 1. The fourth-order valence-electron chi connectivity index (χ4n) is 5.71.